The predicted octanol–water partition coefficient (Wildman–Crippen LogP) is 4.97. The molecule has 12 nitrogen and oxygen atoms in total. The second kappa shape index (κ2) is 13.1. The monoisotopic (exact) mass is 674 g/mol. The van der Waals surface area contributed by atoms with Crippen LogP contribution in [0.5, 0.6) is 0 Å². The lowest BCUT2D eigenvalue weighted by molar-refractivity contribution is -0.117. The third kappa shape index (κ3) is 6.91. The lowest BCUT2D eigenvalue weighted by atomic mass is 10.2. The van der Waals surface area contributed by atoms with Crippen LogP contribution in [0, 0.1) is 6.92 Å². The average molecular weight is 675 g/mol. The maximum absolute atomic E-state index is 13.0. The number of hydrogen-bond acceptors (Lipinski definition) is 10. The summed E-state index contributed by atoms with van der Waals surface area (Å²) in [6.45, 7) is 7.07. The number of H-pyrrole nitrogens is 1. The number of nitrogens with zero attached hydrogens (tertiary/aromatic N) is 6. The number of aryl methyl sites for hydroxylation is 1. The van der Waals surface area contributed by atoms with Gasteiger partial charge in [-0.1, -0.05) is 12.1 Å². The highest BCUT2D eigenvalue weighted by Crippen LogP contribution is 2.37. The molecule has 0 radical (unpaired) electrons. The lowest BCUT2D eigenvalue weighted by Gasteiger charge is -2.24. The number of benzene rings is 2. The Morgan fingerprint density at radius 1 is 1.13 bits per heavy atom. The molecule has 3 aromatic heterocycles. The van der Waals surface area contributed by atoms with Crippen LogP contribution in [-0.2, 0) is 14.6 Å². The SMILES string of the molecule is Cc1cccc(N(c2ccn[nH]2)c2nc(Sc3ccc(NC(=O)CN4CC(S(=O)(=O)C(C)(C)C)CC4CO)cc3)nn3cccc23)c1. The first-order valence-electron chi connectivity index (χ1n) is 15.3. The minimum Gasteiger partial charge on any atom is -0.395 e. The van der Waals surface area contributed by atoms with Gasteiger partial charge in [-0.05, 0) is 100.0 Å². The summed E-state index contributed by atoms with van der Waals surface area (Å²) in [6, 6.07) is 20.9. The summed E-state index contributed by atoms with van der Waals surface area (Å²) in [7, 11) is -3.43. The van der Waals surface area contributed by atoms with E-state index in [1.54, 1.807) is 48.5 Å². The van der Waals surface area contributed by atoms with E-state index in [2.05, 4.69) is 21.6 Å². The summed E-state index contributed by atoms with van der Waals surface area (Å²) >= 11 is 1.39. The van der Waals surface area contributed by atoms with E-state index in [4.69, 9.17) is 10.1 Å². The number of aliphatic hydroxyl groups excluding tert-OH is 1. The number of sulfone groups is 1. The van der Waals surface area contributed by atoms with Crippen LogP contribution < -0.4 is 10.2 Å². The Bertz CT molecular complexity index is 1970. The molecule has 5 aromatic rings. The standard InChI is InChI=1S/C33H38N8O4S2/c1-22-7-5-8-24(17-22)41(29-14-15-34-37-29)31-28-9-6-16-40(28)38-32(36-31)46-26-12-10-23(11-13-26)35-30(43)20-39-19-27(18-25(39)21-42)47(44,45)33(2,3)4/h5-17,25,27,42H,18-21H2,1-4H3,(H,34,37)(H,35,43). The molecule has 0 saturated carbocycles. The van der Waals surface area contributed by atoms with E-state index in [0.717, 1.165) is 27.5 Å². The summed E-state index contributed by atoms with van der Waals surface area (Å²) in [5.41, 5.74) is 3.47. The molecule has 47 heavy (non-hydrogen) atoms. The summed E-state index contributed by atoms with van der Waals surface area (Å²) in [5.74, 6) is 1.17. The Morgan fingerprint density at radius 2 is 1.91 bits per heavy atom. The van der Waals surface area contributed by atoms with E-state index < -0.39 is 19.8 Å². The van der Waals surface area contributed by atoms with E-state index in [9.17, 15) is 18.3 Å². The number of aliphatic hydroxyl groups is 1. The van der Waals surface area contributed by atoms with Gasteiger partial charge in [0, 0.05) is 41.1 Å². The number of amides is 1. The molecule has 6 rings (SSSR count). The molecule has 2 unspecified atom stereocenters. The first kappa shape index (κ1) is 32.7. The predicted molar refractivity (Wildman–Crippen MR) is 183 cm³/mol. The zero-order valence-electron chi connectivity index (χ0n) is 26.7. The van der Waals surface area contributed by atoms with Crippen LogP contribution in [0.2, 0.25) is 0 Å². The van der Waals surface area contributed by atoms with Crippen molar-refractivity contribution in [2.45, 2.75) is 60.2 Å². The van der Waals surface area contributed by atoms with Gasteiger partial charge in [-0.15, -0.1) is 5.10 Å². The van der Waals surface area contributed by atoms with Crippen LogP contribution >= 0.6 is 11.8 Å². The first-order valence-corrected chi connectivity index (χ1v) is 17.7. The normalized spacial score (nSPS) is 17.3. The van der Waals surface area contributed by atoms with E-state index in [1.807, 2.05) is 66.6 Å². The number of likely N-dealkylation sites (tertiary alicyclic amines) is 1. The van der Waals surface area contributed by atoms with Crippen LogP contribution in [-0.4, -0.2) is 84.9 Å². The molecule has 2 aromatic carbocycles. The van der Waals surface area contributed by atoms with E-state index in [-0.39, 0.29) is 31.6 Å². The minimum absolute atomic E-state index is 0.0147. The molecule has 1 fully saturated rings. The van der Waals surface area contributed by atoms with Gasteiger partial charge >= 0.3 is 0 Å². The van der Waals surface area contributed by atoms with Crippen molar-refractivity contribution in [1.29, 1.82) is 0 Å². The molecule has 0 bridgehead atoms. The highest BCUT2D eigenvalue weighted by atomic mass is 32.2. The second-order valence-electron chi connectivity index (χ2n) is 12.6. The molecule has 0 spiro atoms. The molecule has 1 aliphatic heterocycles. The van der Waals surface area contributed by atoms with Crippen LogP contribution in [0.25, 0.3) is 5.52 Å². The lowest BCUT2D eigenvalue weighted by Crippen LogP contribution is -2.41. The van der Waals surface area contributed by atoms with Crippen molar-refractivity contribution >= 4 is 56.0 Å². The van der Waals surface area contributed by atoms with Gasteiger partial charge in [0.25, 0.3) is 0 Å². The quantitative estimate of drug-likeness (QED) is 0.185. The van der Waals surface area contributed by atoms with Crippen molar-refractivity contribution in [1.82, 2.24) is 29.7 Å². The molecule has 1 saturated heterocycles. The Hall–Kier alpha value is -4.24. The van der Waals surface area contributed by atoms with Crippen molar-refractivity contribution in [3.8, 4) is 0 Å². The molecular formula is C33H38N8O4S2. The molecule has 3 N–H and O–H groups in total. The summed E-state index contributed by atoms with van der Waals surface area (Å²) in [4.78, 5) is 22.6. The zero-order chi connectivity index (χ0) is 33.3. The van der Waals surface area contributed by atoms with Crippen molar-refractivity contribution < 1.29 is 18.3 Å². The molecule has 4 heterocycles. The Kier molecular flexibility index (Phi) is 9.12. The van der Waals surface area contributed by atoms with Gasteiger partial charge in [-0.3, -0.25) is 19.7 Å². The fourth-order valence-electron chi connectivity index (χ4n) is 5.77. The molecule has 246 valence electrons. The fraction of sp³-hybridized carbons (Fsp3) is 0.333. The average Bonchev–Trinajstić information content (AvgIpc) is 3.80. The van der Waals surface area contributed by atoms with Crippen LogP contribution in [0.3, 0.4) is 0 Å². The van der Waals surface area contributed by atoms with Crippen molar-refractivity contribution in [3.63, 3.8) is 0 Å². The van der Waals surface area contributed by atoms with Gasteiger partial charge in [-0.2, -0.15) is 5.10 Å². The van der Waals surface area contributed by atoms with Gasteiger partial charge in [0.15, 0.2) is 15.7 Å². The van der Waals surface area contributed by atoms with Gasteiger partial charge in [-0.25, -0.2) is 17.9 Å². The van der Waals surface area contributed by atoms with Crippen molar-refractivity contribution in [3.05, 3.63) is 84.7 Å². The van der Waals surface area contributed by atoms with Gasteiger partial charge in [0.2, 0.25) is 11.1 Å². The number of carbonyl (C=O) groups is 1. The number of aromatic amines is 1. The Labute approximate surface area is 278 Å². The molecule has 1 aliphatic rings. The van der Waals surface area contributed by atoms with E-state index in [0.29, 0.717) is 23.1 Å². The molecular weight excluding hydrogens is 637 g/mol. The number of anilines is 4. The first-order chi connectivity index (χ1) is 22.4. The fourth-order valence-corrected chi connectivity index (χ4v) is 8.37. The highest BCUT2D eigenvalue weighted by molar-refractivity contribution is 7.99. The number of nitrogens with one attached hydrogen (secondary N) is 2. The number of carbonyl (C=O) groups excluding carboxylic acids is 1. The topological polar surface area (TPSA) is 149 Å². The summed E-state index contributed by atoms with van der Waals surface area (Å²) in [6.07, 6.45) is 3.89. The van der Waals surface area contributed by atoms with E-state index in [1.165, 1.54) is 11.8 Å². The zero-order valence-corrected chi connectivity index (χ0v) is 28.3. The highest BCUT2D eigenvalue weighted by Gasteiger charge is 2.44. The van der Waals surface area contributed by atoms with Gasteiger partial charge in [0.1, 0.15) is 11.3 Å². The third-order valence-corrected chi connectivity index (χ3v) is 12.0. The van der Waals surface area contributed by atoms with Crippen molar-refractivity contribution in [2.75, 3.05) is 29.9 Å². The largest absolute Gasteiger partial charge is 0.395 e. The summed E-state index contributed by atoms with van der Waals surface area (Å²) in [5, 5.41) is 24.7. The molecule has 1 amide bonds. The maximum Gasteiger partial charge on any atom is 0.238 e. The Balaban J connectivity index is 1.17. The Morgan fingerprint density at radius 3 is 2.60 bits per heavy atom. The molecule has 2 atom stereocenters. The third-order valence-electron chi connectivity index (χ3n) is 8.24. The molecule has 14 heteroatoms. The maximum atomic E-state index is 13.0. The van der Waals surface area contributed by atoms with E-state index >= 15 is 0 Å². The second-order valence-corrected chi connectivity index (χ2v) is 16.6. The van der Waals surface area contributed by atoms with Crippen LogP contribution in [0.15, 0.2) is 89.2 Å². The number of aromatic nitrogens is 5. The number of hydrogen-bond donors (Lipinski definition) is 3. The summed E-state index contributed by atoms with van der Waals surface area (Å²) < 4.78 is 26.9. The number of rotatable bonds is 10. The minimum atomic E-state index is -3.43. The van der Waals surface area contributed by atoms with Crippen LogP contribution in [0.1, 0.15) is 32.8 Å². The van der Waals surface area contributed by atoms with Crippen LogP contribution in [0.4, 0.5) is 23.0 Å². The molecule has 0 aliphatic carbocycles. The van der Waals surface area contributed by atoms with Gasteiger partial charge < -0.3 is 10.4 Å². The smallest absolute Gasteiger partial charge is 0.238 e. The van der Waals surface area contributed by atoms with Gasteiger partial charge in [0.05, 0.1) is 29.3 Å². The van der Waals surface area contributed by atoms with Crippen molar-refractivity contribution in [2.24, 2.45) is 0 Å². The number of fused-ring (bicyclic) bond motifs is 1.